The summed E-state index contributed by atoms with van der Waals surface area (Å²) in [6.45, 7) is 0.890. The molecular formula is C30H27N3O2. The summed E-state index contributed by atoms with van der Waals surface area (Å²) in [5.74, 6) is -0.177. The van der Waals surface area contributed by atoms with Gasteiger partial charge in [-0.05, 0) is 46.5 Å². The third kappa shape index (κ3) is 7.24. The number of carbonyl (C=O) groups is 2. The van der Waals surface area contributed by atoms with E-state index in [2.05, 4.69) is 10.3 Å². The Balaban J connectivity index is 1.45. The lowest BCUT2D eigenvalue weighted by atomic mass is 10.1. The van der Waals surface area contributed by atoms with Gasteiger partial charge in [0.2, 0.25) is 5.91 Å². The zero-order valence-corrected chi connectivity index (χ0v) is 19.4. The fraction of sp³-hybridized carbons (Fsp3) is 0.100. The van der Waals surface area contributed by atoms with Gasteiger partial charge in [0.1, 0.15) is 0 Å². The molecule has 4 rings (SSSR count). The molecule has 5 heteroatoms. The van der Waals surface area contributed by atoms with Crippen molar-refractivity contribution in [2.75, 3.05) is 4.90 Å². The van der Waals surface area contributed by atoms with Gasteiger partial charge in [-0.15, -0.1) is 0 Å². The van der Waals surface area contributed by atoms with Crippen molar-refractivity contribution >= 4 is 23.6 Å². The minimum Gasteiger partial charge on any atom is -0.352 e. The van der Waals surface area contributed by atoms with E-state index < -0.39 is 0 Å². The van der Waals surface area contributed by atoms with E-state index in [-0.39, 0.29) is 18.2 Å². The number of hydrogen-bond acceptors (Lipinski definition) is 3. The van der Waals surface area contributed by atoms with Gasteiger partial charge in [0.15, 0.2) is 0 Å². The number of anilines is 1. The van der Waals surface area contributed by atoms with Crippen LogP contribution < -0.4 is 10.2 Å². The van der Waals surface area contributed by atoms with Crippen LogP contribution in [0.15, 0.2) is 116 Å². The van der Waals surface area contributed by atoms with E-state index >= 15 is 0 Å². The molecule has 0 atom stereocenters. The van der Waals surface area contributed by atoms with Crippen molar-refractivity contribution in [1.82, 2.24) is 10.3 Å². The van der Waals surface area contributed by atoms with Crippen LogP contribution in [0.5, 0.6) is 0 Å². The molecule has 0 bridgehead atoms. The minimum absolute atomic E-state index is 0.0652. The number of hydrogen-bond donors (Lipinski definition) is 1. The highest BCUT2D eigenvalue weighted by Gasteiger charge is 2.14. The highest BCUT2D eigenvalue weighted by molar-refractivity contribution is 6.03. The first-order chi connectivity index (χ1) is 17.2. The molecule has 0 fully saturated rings. The summed E-state index contributed by atoms with van der Waals surface area (Å²) in [4.78, 5) is 31.3. The van der Waals surface area contributed by atoms with E-state index in [9.17, 15) is 9.59 Å². The summed E-state index contributed by atoms with van der Waals surface area (Å²) in [5.41, 5.74) is 4.61. The van der Waals surface area contributed by atoms with Crippen LogP contribution in [0.2, 0.25) is 0 Å². The number of amides is 2. The third-order valence-corrected chi connectivity index (χ3v) is 5.49. The average Bonchev–Trinajstić information content (AvgIpc) is 2.91. The van der Waals surface area contributed by atoms with Gasteiger partial charge in [-0.25, -0.2) is 0 Å². The van der Waals surface area contributed by atoms with Crippen LogP contribution in [0.1, 0.15) is 22.3 Å². The molecule has 4 aromatic rings. The van der Waals surface area contributed by atoms with Crippen molar-refractivity contribution in [3.05, 3.63) is 138 Å². The Labute approximate surface area is 205 Å². The number of nitrogens with zero attached hydrogens (tertiary/aromatic N) is 2. The predicted octanol–water partition coefficient (Wildman–Crippen LogP) is 5.19. The maximum atomic E-state index is 13.2. The molecule has 174 valence electrons. The quantitative estimate of drug-likeness (QED) is 0.349. The number of rotatable bonds is 9. The molecule has 0 aliphatic rings. The molecular weight excluding hydrogens is 434 g/mol. The van der Waals surface area contributed by atoms with Crippen LogP contribution in [-0.4, -0.2) is 16.8 Å². The van der Waals surface area contributed by atoms with Crippen LogP contribution in [0, 0.1) is 0 Å². The van der Waals surface area contributed by atoms with Gasteiger partial charge in [-0.3, -0.25) is 14.6 Å². The van der Waals surface area contributed by atoms with E-state index in [1.54, 1.807) is 23.4 Å². The van der Waals surface area contributed by atoms with E-state index in [1.165, 1.54) is 0 Å². The number of aromatic nitrogens is 1. The first-order valence-corrected chi connectivity index (χ1v) is 11.5. The van der Waals surface area contributed by atoms with Crippen LogP contribution in [0.25, 0.3) is 6.08 Å². The molecule has 5 nitrogen and oxygen atoms in total. The van der Waals surface area contributed by atoms with Gasteiger partial charge < -0.3 is 10.2 Å². The number of benzene rings is 3. The molecule has 1 N–H and O–H groups in total. The number of nitrogens with one attached hydrogen (secondary N) is 1. The molecule has 1 heterocycles. The monoisotopic (exact) mass is 461 g/mol. The second-order valence-corrected chi connectivity index (χ2v) is 8.14. The predicted molar refractivity (Wildman–Crippen MR) is 139 cm³/mol. The van der Waals surface area contributed by atoms with Gasteiger partial charge in [0, 0.05) is 30.7 Å². The van der Waals surface area contributed by atoms with Crippen molar-refractivity contribution in [2.45, 2.75) is 19.5 Å². The second kappa shape index (κ2) is 12.1. The SMILES string of the molecule is O=C(Cc1ccc(N(Cc2ccccc2)C(=O)C=Cc2ccccc2)cc1)NCc1cccnc1. The lowest BCUT2D eigenvalue weighted by molar-refractivity contribution is -0.120. The van der Waals surface area contributed by atoms with E-state index in [1.807, 2.05) is 103 Å². The Hall–Kier alpha value is -4.51. The normalized spacial score (nSPS) is 10.7. The van der Waals surface area contributed by atoms with Crippen molar-refractivity contribution in [3.63, 3.8) is 0 Å². The first-order valence-electron chi connectivity index (χ1n) is 11.5. The molecule has 0 spiro atoms. The Morgan fingerprint density at radius 2 is 1.46 bits per heavy atom. The number of carbonyl (C=O) groups excluding carboxylic acids is 2. The highest BCUT2D eigenvalue weighted by atomic mass is 16.2. The average molecular weight is 462 g/mol. The fourth-order valence-corrected chi connectivity index (χ4v) is 3.63. The first kappa shape index (κ1) is 23.6. The minimum atomic E-state index is -0.111. The Kier molecular flexibility index (Phi) is 8.17. The van der Waals surface area contributed by atoms with Crippen LogP contribution in [-0.2, 0) is 29.1 Å². The van der Waals surface area contributed by atoms with Crippen molar-refractivity contribution in [3.8, 4) is 0 Å². The second-order valence-electron chi connectivity index (χ2n) is 8.14. The smallest absolute Gasteiger partial charge is 0.251 e. The summed E-state index contributed by atoms with van der Waals surface area (Å²) >= 11 is 0. The third-order valence-electron chi connectivity index (χ3n) is 5.49. The summed E-state index contributed by atoms with van der Waals surface area (Å²) in [6.07, 6.45) is 7.12. The fourth-order valence-electron chi connectivity index (χ4n) is 3.63. The number of pyridine rings is 1. The van der Waals surface area contributed by atoms with Gasteiger partial charge in [-0.1, -0.05) is 78.9 Å². The molecule has 35 heavy (non-hydrogen) atoms. The summed E-state index contributed by atoms with van der Waals surface area (Å²) in [6, 6.07) is 31.0. The maximum absolute atomic E-state index is 13.2. The largest absolute Gasteiger partial charge is 0.352 e. The zero-order chi connectivity index (χ0) is 24.3. The van der Waals surface area contributed by atoms with E-state index in [0.717, 1.165) is 27.9 Å². The van der Waals surface area contributed by atoms with E-state index in [4.69, 9.17) is 0 Å². The maximum Gasteiger partial charge on any atom is 0.251 e. The molecule has 0 aliphatic heterocycles. The topological polar surface area (TPSA) is 62.3 Å². The molecule has 0 saturated heterocycles. The summed E-state index contributed by atoms with van der Waals surface area (Å²) in [5, 5.41) is 2.92. The van der Waals surface area contributed by atoms with Gasteiger partial charge in [-0.2, -0.15) is 0 Å². The van der Waals surface area contributed by atoms with Crippen molar-refractivity contribution in [1.29, 1.82) is 0 Å². The van der Waals surface area contributed by atoms with Crippen LogP contribution >= 0.6 is 0 Å². The van der Waals surface area contributed by atoms with E-state index in [0.29, 0.717) is 13.1 Å². The lowest BCUT2D eigenvalue weighted by Gasteiger charge is -2.22. The molecule has 1 aromatic heterocycles. The molecule has 3 aromatic carbocycles. The van der Waals surface area contributed by atoms with Crippen molar-refractivity contribution < 1.29 is 9.59 Å². The van der Waals surface area contributed by atoms with Gasteiger partial charge in [0.05, 0.1) is 13.0 Å². The molecule has 0 unspecified atom stereocenters. The molecule has 0 saturated carbocycles. The highest BCUT2D eigenvalue weighted by Crippen LogP contribution is 2.20. The molecule has 2 amide bonds. The Morgan fingerprint density at radius 3 is 2.14 bits per heavy atom. The summed E-state index contributed by atoms with van der Waals surface area (Å²) in [7, 11) is 0. The Bertz CT molecular complexity index is 1260. The Morgan fingerprint density at radius 1 is 0.771 bits per heavy atom. The summed E-state index contributed by atoms with van der Waals surface area (Å²) < 4.78 is 0. The van der Waals surface area contributed by atoms with Crippen LogP contribution in [0.3, 0.4) is 0 Å². The molecule has 0 radical (unpaired) electrons. The zero-order valence-electron chi connectivity index (χ0n) is 19.4. The molecule has 0 aliphatic carbocycles. The van der Waals surface area contributed by atoms with Crippen molar-refractivity contribution in [2.24, 2.45) is 0 Å². The van der Waals surface area contributed by atoms with Gasteiger partial charge >= 0.3 is 0 Å². The van der Waals surface area contributed by atoms with Crippen LogP contribution in [0.4, 0.5) is 5.69 Å². The van der Waals surface area contributed by atoms with Gasteiger partial charge in [0.25, 0.3) is 5.91 Å². The standard InChI is InChI=1S/C30H27N3O2/c34-29(32-22-27-12-7-19-31-21-27)20-25-13-16-28(17-14-25)33(23-26-10-5-2-6-11-26)30(35)18-15-24-8-3-1-4-9-24/h1-19,21H,20,22-23H2,(H,32,34). The lowest BCUT2D eigenvalue weighted by Crippen LogP contribution is -2.28.